The minimum absolute atomic E-state index is 0.0806. The Labute approximate surface area is 152 Å². The largest absolute Gasteiger partial charge is 0.368 e. The molecular formula is C17H26N6O3. The Hall–Kier alpha value is -2.42. The first-order chi connectivity index (χ1) is 12.5. The van der Waals surface area contributed by atoms with Gasteiger partial charge in [-0.25, -0.2) is 4.79 Å². The lowest BCUT2D eigenvalue weighted by Gasteiger charge is -2.18. The molecule has 0 aromatic carbocycles. The van der Waals surface area contributed by atoms with Crippen LogP contribution >= 0.6 is 0 Å². The summed E-state index contributed by atoms with van der Waals surface area (Å²) < 4.78 is 12.6. The lowest BCUT2D eigenvalue weighted by molar-refractivity contribution is 0.0835. The molecular weight excluding hydrogens is 336 g/mol. The molecule has 1 N–H and O–H groups in total. The predicted octanol–water partition coefficient (Wildman–Crippen LogP) is 1.66. The van der Waals surface area contributed by atoms with E-state index in [-0.39, 0.29) is 12.1 Å². The Morgan fingerprint density at radius 3 is 2.88 bits per heavy atom. The Morgan fingerprint density at radius 2 is 2.23 bits per heavy atom. The summed E-state index contributed by atoms with van der Waals surface area (Å²) in [5.74, 6) is 1.11. The molecule has 1 aliphatic heterocycles. The second kappa shape index (κ2) is 7.86. The van der Waals surface area contributed by atoms with Gasteiger partial charge in [0.25, 0.3) is 5.89 Å². The molecule has 0 aliphatic carbocycles. The number of aryl methyl sites for hydroxylation is 2. The van der Waals surface area contributed by atoms with Crippen LogP contribution in [0.2, 0.25) is 0 Å². The van der Waals surface area contributed by atoms with Crippen LogP contribution in [0.4, 0.5) is 4.79 Å². The number of nitrogens with zero attached hydrogens (tertiary/aromatic N) is 5. The molecule has 1 saturated heterocycles. The Kier molecular flexibility index (Phi) is 5.55. The maximum Gasteiger partial charge on any atom is 0.317 e. The second-order valence-electron chi connectivity index (χ2n) is 6.66. The molecule has 0 bridgehead atoms. The molecule has 0 spiro atoms. The molecule has 0 unspecified atom stereocenters. The number of carbonyl (C=O) groups excluding carboxylic acids is 1. The van der Waals surface area contributed by atoms with Crippen molar-refractivity contribution in [1.29, 1.82) is 0 Å². The van der Waals surface area contributed by atoms with Crippen molar-refractivity contribution in [3.63, 3.8) is 0 Å². The highest BCUT2D eigenvalue weighted by molar-refractivity contribution is 5.73. The number of ether oxygens (including phenoxy) is 1. The van der Waals surface area contributed by atoms with Crippen LogP contribution in [0, 0.1) is 13.8 Å². The van der Waals surface area contributed by atoms with Gasteiger partial charge in [0, 0.05) is 44.9 Å². The average molecular weight is 362 g/mol. The normalized spacial score (nSPS) is 16.8. The van der Waals surface area contributed by atoms with Gasteiger partial charge < -0.3 is 19.5 Å². The van der Waals surface area contributed by atoms with Gasteiger partial charge in [0.2, 0.25) is 0 Å². The molecule has 1 aliphatic rings. The zero-order valence-corrected chi connectivity index (χ0v) is 15.8. The topological polar surface area (TPSA) is 98.3 Å². The van der Waals surface area contributed by atoms with Gasteiger partial charge in [0.15, 0.2) is 5.82 Å². The van der Waals surface area contributed by atoms with Gasteiger partial charge in [0.05, 0.1) is 12.2 Å². The fraction of sp³-hybridized carbons (Fsp3) is 0.647. The molecule has 0 radical (unpaired) electrons. The third-order valence-electron chi connectivity index (χ3n) is 4.71. The average Bonchev–Trinajstić information content (AvgIpc) is 3.33. The standard InChI is InChI=1S/C17H26N6O3/c1-11-13(12(2)23(4)20-11)10-22(3)17(24)18-8-7-15-19-16(26-21-15)14-6-5-9-25-14/h14H,5-10H2,1-4H3,(H,18,24)/t14-/m1/s1. The van der Waals surface area contributed by atoms with Gasteiger partial charge in [-0.3, -0.25) is 4.68 Å². The van der Waals surface area contributed by atoms with E-state index < -0.39 is 0 Å². The third kappa shape index (κ3) is 4.04. The molecule has 2 aromatic heterocycles. The van der Waals surface area contributed by atoms with E-state index in [0.29, 0.717) is 31.2 Å². The lowest BCUT2D eigenvalue weighted by Crippen LogP contribution is -2.38. The van der Waals surface area contributed by atoms with E-state index in [4.69, 9.17) is 9.26 Å². The van der Waals surface area contributed by atoms with Crippen molar-refractivity contribution in [2.24, 2.45) is 7.05 Å². The molecule has 2 amide bonds. The summed E-state index contributed by atoms with van der Waals surface area (Å²) in [4.78, 5) is 18.3. The van der Waals surface area contributed by atoms with Gasteiger partial charge in [-0.2, -0.15) is 10.1 Å². The van der Waals surface area contributed by atoms with Crippen molar-refractivity contribution in [1.82, 2.24) is 30.1 Å². The first-order valence-corrected chi connectivity index (χ1v) is 8.88. The van der Waals surface area contributed by atoms with Crippen LogP contribution < -0.4 is 5.32 Å². The predicted molar refractivity (Wildman–Crippen MR) is 93.5 cm³/mol. The fourth-order valence-electron chi connectivity index (χ4n) is 3.04. The zero-order chi connectivity index (χ0) is 18.7. The molecule has 1 fully saturated rings. The number of urea groups is 1. The summed E-state index contributed by atoms with van der Waals surface area (Å²) in [7, 11) is 3.67. The van der Waals surface area contributed by atoms with Crippen molar-refractivity contribution < 1.29 is 14.1 Å². The number of hydrogen-bond donors (Lipinski definition) is 1. The summed E-state index contributed by atoms with van der Waals surface area (Å²) in [6.07, 6.45) is 2.36. The van der Waals surface area contributed by atoms with Crippen molar-refractivity contribution in [3.05, 3.63) is 28.7 Å². The first-order valence-electron chi connectivity index (χ1n) is 8.88. The van der Waals surface area contributed by atoms with E-state index in [1.165, 1.54) is 0 Å². The monoisotopic (exact) mass is 362 g/mol. The van der Waals surface area contributed by atoms with Gasteiger partial charge in [0.1, 0.15) is 6.10 Å². The van der Waals surface area contributed by atoms with Crippen LogP contribution in [0.25, 0.3) is 0 Å². The molecule has 142 valence electrons. The fourth-order valence-corrected chi connectivity index (χ4v) is 3.04. The Balaban J connectivity index is 1.46. The molecule has 9 nitrogen and oxygen atoms in total. The maximum absolute atomic E-state index is 12.3. The second-order valence-corrected chi connectivity index (χ2v) is 6.66. The van der Waals surface area contributed by atoms with E-state index in [2.05, 4.69) is 20.6 Å². The first kappa shape index (κ1) is 18.4. The summed E-state index contributed by atoms with van der Waals surface area (Å²) in [5.41, 5.74) is 3.08. The number of nitrogens with one attached hydrogen (secondary N) is 1. The summed E-state index contributed by atoms with van der Waals surface area (Å²) in [6, 6.07) is -0.143. The van der Waals surface area contributed by atoms with Crippen molar-refractivity contribution in [2.45, 2.75) is 45.8 Å². The number of carbonyl (C=O) groups is 1. The lowest BCUT2D eigenvalue weighted by atomic mass is 10.2. The summed E-state index contributed by atoms with van der Waals surface area (Å²) in [6.45, 7) is 5.65. The molecule has 3 heterocycles. The molecule has 26 heavy (non-hydrogen) atoms. The third-order valence-corrected chi connectivity index (χ3v) is 4.71. The van der Waals surface area contributed by atoms with Crippen molar-refractivity contribution >= 4 is 6.03 Å². The van der Waals surface area contributed by atoms with Crippen LogP contribution in [-0.4, -0.2) is 51.1 Å². The summed E-state index contributed by atoms with van der Waals surface area (Å²) >= 11 is 0. The SMILES string of the molecule is Cc1nn(C)c(C)c1CN(C)C(=O)NCCc1noc([C@H]2CCCO2)n1. The smallest absolute Gasteiger partial charge is 0.317 e. The van der Waals surface area contributed by atoms with E-state index in [0.717, 1.165) is 36.4 Å². The van der Waals surface area contributed by atoms with E-state index in [1.54, 1.807) is 11.9 Å². The van der Waals surface area contributed by atoms with Crippen LogP contribution in [0.3, 0.4) is 0 Å². The van der Waals surface area contributed by atoms with Gasteiger partial charge in [-0.1, -0.05) is 5.16 Å². The van der Waals surface area contributed by atoms with Crippen LogP contribution in [-0.2, 0) is 24.8 Å². The number of aromatic nitrogens is 4. The number of amides is 2. The molecule has 2 aromatic rings. The highest BCUT2D eigenvalue weighted by Crippen LogP contribution is 2.26. The van der Waals surface area contributed by atoms with Crippen molar-refractivity contribution in [3.8, 4) is 0 Å². The Bertz CT molecular complexity index is 763. The molecule has 3 rings (SSSR count). The summed E-state index contributed by atoms with van der Waals surface area (Å²) in [5, 5.41) is 11.2. The molecule has 0 saturated carbocycles. The minimum atomic E-state index is -0.143. The van der Waals surface area contributed by atoms with Gasteiger partial charge in [-0.15, -0.1) is 0 Å². The zero-order valence-electron chi connectivity index (χ0n) is 15.8. The Morgan fingerprint density at radius 1 is 1.42 bits per heavy atom. The van der Waals surface area contributed by atoms with E-state index in [1.807, 2.05) is 25.6 Å². The van der Waals surface area contributed by atoms with E-state index in [9.17, 15) is 4.79 Å². The maximum atomic E-state index is 12.3. The molecule has 9 heteroatoms. The van der Waals surface area contributed by atoms with Gasteiger partial charge in [-0.05, 0) is 26.7 Å². The van der Waals surface area contributed by atoms with Crippen LogP contribution in [0.5, 0.6) is 0 Å². The molecule has 1 atom stereocenters. The highest BCUT2D eigenvalue weighted by Gasteiger charge is 2.23. The highest BCUT2D eigenvalue weighted by atomic mass is 16.5. The quantitative estimate of drug-likeness (QED) is 0.839. The van der Waals surface area contributed by atoms with Crippen molar-refractivity contribution in [2.75, 3.05) is 20.2 Å². The van der Waals surface area contributed by atoms with Crippen LogP contribution in [0.15, 0.2) is 4.52 Å². The number of rotatable bonds is 6. The van der Waals surface area contributed by atoms with Crippen LogP contribution in [0.1, 0.15) is 47.6 Å². The van der Waals surface area contributed by atoms with Gasteiger partial charge >= 0.3 is 6.03 Å². The minimum Gasteiger partial charge on any atom is -0.368 e. The number of hydrogen-bond acceptors (Lipinski definition) is 6. The van der Waals surface area contributed by atoms with E-state index >= 15 is 0 Å².